The van der Waals surface area contributed by atoms with Crippen LogP contribution in [-0.4, -0.2) is 42.2 Å². The van der Waals surface area contributed by atoms with Gasteiger partial charge in [0.15, 0.2) is 5.13 Å². The summed E-state index contributed by atoms with van der Waals surface area (Å²) >= 11 is 1.63. The molecule has 1 N–H and O–H groups in total. The third-order valence-electron chi connectivity index (χ3n) is 2.94. The van der Waals surface area contributed by atoms with E-state index in [2.05, 4.69) is 21.1 Å². The van der Waals surface area contributed by atoms with Crippen LogP contribution in [0.25, 0.3) is 10.2 Å². The van der Waals surface area contributed by atoms with Gasteiger partial charge in [0.05, 0.1) is 23.4 Å². The van der Waals surface area contributed by atoms with Gasteiger partial charge in [-0.2, -0.15) is 0 Å². The lowest BCUT2D eigenvalue weighted by Crippen LogP contribution is -2.56. The first-order valence-electron chi connectivity index (χ1n) is 5.71. The summed E-state index contributed by atoms with van der Waals surface area (Å²) < 4.78 is 5.82. The van der Waals surface area contributed by atoms with Crippen LogP contribution in [0.4, 0.5) is 9.93 Å². The quantitative estimate of drug-likeness (QED) is 0.902. The van der Waals surface area contributed by atoms with Gasteiger partial charge < -0.3 is 15.0 Å². The summed E-state index contributed by atoms with van der Waals surface area (Å²) in [5, 5.41) is 4.24. The Morgan fingerprint density at radius 1 is 1.50 bits per heavy atom. The number of nitrogens with one attached hydrogen (secondary N) is 1. The minimum atomic E-state index is -0.266. The largest absolute Gasteiger partial charge is 0.453 e. The van der Waals surface area contributed by atoms with Crippen LogP contribution in [0.15, 0.2) is 24.3 Å². The Morgan fingerprint density at radius 2 is 2.28 bits per heavy atom. The van der Waals surface area contributed by atoms with Crippen molar-refractivity contribution >= 4 is 32.8 Å². The number of thiazole rings is 1. The summed E-state index contributed by atoms with van der Waals surface area (Å²) in [6.45, 7) is 1.34. The molecule has 18 heavy (non-hydrogen) atoms. The first kappa shape index (κ1) is 11.3. The normalized spacial score (nSPS) is 15.5. The van der Waals surface area contributed by atoms with Gasteiger partial charge in [0.25, 0.3) is 0 Å². The van der Waals surface area contributed by atoms with E-state index in [4.69, 9.17) is 0 Å². The number of benzene rings is 1. The van der Waals surface area contributed by atoms with Gasteiger partial charge in [-0.25, -0.2) is 9.78 Å². The molecule has 2 heterocycles. The fourth-order valence-electron chi connectivity index (χ4n) is 1.96. The SMILES string of the molecule is COC(=O)N1CC(Nc2nc3ccccc3s2)C1. The highest BCUT2D eigenvalue weighted by Gasteiger charge is 2.31. The van der Waals surface area contributed by atoms with Gasteiger partial charge in [-0.1, -0.05) is 23.5 Å². The van der Waals surface area contributed by atoms with Crippen molar-refractivity contribution in [3.63, 3.8) is 0 Å². The number of ether oxygens (including phenoxy) is 1. The minimum Gasteiger partial charge on any atom is -0.453 e. The van der Waals surface area contributed by atoms with Crippen LogP contribution in [0.2, 0.25) is 0 Å². The molecule has 0 radical (unpaired) electrons. The number of nitrogens with zero attached hydrogens (tertiary/aromatic N) is 2. The summed E-state index contributed by atoms with van der Waals surface area (Å²) in [6.07, 6.45) is -0.266. The van der Waals surface area contributed by atoms with Gasteiger partial charge in [-0.15, -0.1) is 0 Å². The van der Waals surface area contributed by atoms with Crippen molar-refractivity contribution in [2.24, 2.45) is 0 Å². The lowest BCUT2D eigenvalue weighted by Gasteiger charge is -2.38. The number of carbonyl (C=O) groups excluding carboxylic acids is 1. The Morgan fingerprint density at radius 3 is 3.00 bits per heavy atom. The van der Waals surface area contributed by atoms with Crippen LogP contribution in [0.3, 0.4) is 0 Å². The summed E-state index contributed by atoms with van der Waals surface area (Å²) in [6, 6.07) is 8.31. The van der Waals surface area contributed by atoms with E-state index in [-0.39, 0.29) is 12.1 Å². The first-order valence-corrected chi connectivity index (χ1v) is 6.53. The predicted molar refractivity (Wildman–Crippen MR) is 71.0 cm³/mol. The molecule has 1 aromatic heterocycles. The van der Waals surface area contributed by atoms with Crippen molar-refractivity contribution in [1.29, 1.82) is 0 Å². The highest BCUT2D eigenvalue weighted by Crippen LogP contribution is 2.27. The molecule has 1 saturated heterocycles. The van der Waals surface area contributed by atoms with E-state index in [1.165, 1.54) is 11.8 Å². The Kier molecular flexibility index (Phi) is 2.79. The second-order valence-corrected chi connectivity index (χ2v) is 5.23. The molecule has 0 unspecified atom stereocenters. The highest BCUT2D eigenvalue weighted by atomic mass is 32.1. The van der Waals surface area contributed by atoms with Crippen LogP contribution in [0.5, 0.6) is 0 Å². The Labute approximate surface area is 108 Å². The number of likely N-dealkylation sites (tertiary alicyclic amines) is 1. The molecule has 0 aliphatic carbocycles. The lowest BCUT2D eigenvalue weighted by atomic mass is 10.1. The number of rotatable bonds is 2. The minimum absolute atomic E-state index is 0.266. The number of methoxy groups -OCH3 is 1. The van der Waals surface area contributed by atoms with Gasteiger partial charge in [0, 0.05) is 13.1 Å². The van der Waals surface area contributed by atoms with E-state index >= 15 is 0 Å². The molecule has 2 aromatic rings. The molecule has 94 valence electrons. The Balaban J connectivity index is 1.63. The van der Waals surface area contributed by atoms with Gasteiger partial charge in [-0.3, -0.25) is 0 Å². The maximum absolute atomic E-state index is 11.2. The maximum atomic E-state index is 11.2. The monoisotopic (exact) mass is 263 g/mol. The van der Waals surface area contributed by atoms with Crippen molar-refractivity contribution in [2.45, 2.75) is 6.04 Å². The number of anilines is 1. The van der Waals surface area contributed by atoms with E-state index in [9.17, 15) is 4.79 Å². The fraction of sp³-hybridized carbons (Fsp3) is 0.333. The molecule has 0 spiro atoms. The topological polar surface area (TPSA) is 54.5 Å². The van der Waals surface area contributed by atoms with Crippen LogP contribution < -0.4 is 5.32 Å². The average Bonchev–Trinajstić information content (AvgIpc) is 2.74. The number of hydrogen-bond donors (Lipinski definition) is 1. The Hall–Kier alpha value is -1.82. The molecular weight excluding hydrogens is 250 g/mol. The van der Waals surface area contributed by atoms with E-state index in [1.807, 2.05) is 18.2 Å². The molecule has 3 rings (SSSR count). The molecule has 1 aliphatic rings. The third-order valence-corrected chi connectivity index (χ3v) is 3.90. The number of amides is 1. The highest BCUT2D eigenvalue weighted by molar-refractivity contribution is 7.22. The maximum Gasteiger partial charge on any atom is 0.409 e. The van der Waals surface area contributed by atoms with E-state index < -0.39 is 0 Å². The van der Waals surface area contributed by atoms with E-state index in [0.29, 0.717) is 13.1 Å². The molecule has 0 bridgehead atoms. The van der Waals surface area contributed by atoms with Crippen LogP contribution in [0.1, 0.15) is 0 Å². The Bertz CT molecular complexity index is 544. The number of fused-ring (bicyclic) bond motifs is 1. The van der Waals surface area contributed by atoms with E-state index in [0.717, 1.165) is 10.6 Å². The summed E-state index contributed by atoms with van der Waals surface area (Å²) in [7, 11) is 1.40. The molecule has 1 aromatic carbocycles. The molecule has 1 fully saturated rings. The van der Waals surface area contributed by atoms with Crippen LogP contribution >= 0.6 is 11.3 Å². The van der Waals surface area contributed by atoms with Gasteiger partial charge in [0.2, 0.25) is 0 Å². The van der Waals surface area contributed by atoms with Crippen LogP contribution in [-0.2, 0) is 4.74 Å². The standard InChI is InChI=1S/C12H13N3O2S/c1-17-12(16)15-6-8(7-15)13-11-14-9-4-2-3-5-10(9)18-11/h2-5,8H,6-7H2,1H3,(H,13,14). The first-order chi connectivity index (χ1) is 8.76. The molecule has 1 aliphatic heterocycles. The molecule has 5 nitrogen and oxygen atoms in total. The van der Waals surface area contributed by atoms with Gasteiger partial charge in [0.1, 0.15) is 0 Å². The van der Waals surface area contributed by atoms with E-state index in [1.54, 1.807) is 16.2 Å². The second kappa shape index (κ2) is 4.45. The number of aromatic nitrogens is 1. The lowest BCUT2D eigenvalue weighted by molar-refractivity contribution is 0.0930. The molecule has 0 saturated carbocycles. The van der Waals surface area contributed by atoms with Gasteiger partial charge in [-0.05, 0) is 12.1 Å². The number of carbonyl (C=O) groups is 1. The fourth-order valence-corrected chi connectivity index (χ4v) is 2.90. The van der Waals surface area contributed by atoms with Crippen LogP contribution in [0, 0.1) is 0 Å². The second-order valence-electron chi connectivity index (χ2n) is 4.20. The number of hydrogen-bond acceptors (Lipinski definition) is 5. The molecular formula is C12H13N3O2S. The van der Waals surface area contributed by atoms with Crippen molar-refractivity contribution in [3.8, 4) is 0 Å². The van der Waals surface area contributed by atoms with Crippen molar-refractivity contribution in [2.75, 3.05) is 25.5 Å². The van der Waals surface area contributed by atoms with Crippen molar-refractivity contribution < 1.29 is 9.53 Å². The summed E-state index contributed by atoms with van der Waals surface area (Å²) in [4.78, 5) is 17.4. The van der Waals surface area contributed by atoms with Gasteiger partial charge >= 0.3 is 6.09 Å². The average molecular weight is 263 g/mol. The zero-order chi connectivity index (χ0) is 12.5. The van der Waals surface area contributed by atoms with Crippen molar-refractivity contribution in [3.05, 3.63) is 24.3 Å². The molecule has 6 heteroatoms. The smallest absolute Gasteiger partial charge is 0.409 e. The third kappa shape index (κ3) is 1.99. The summed E-state index contributed by atoms with van der Waals surface area (Å²) in [5.41, 5.74) is 1.01. The molecule has 1 amide bonds. The van der Waals surface area contributed by atoms with Crippen molar-refractivity contribution in [1.82, 2.24) is 9.88 Å². The predicted octanol–water partition coefficient (Wildman–Crippen LogP) is 2.16. The zero-order valence-corrected chi connectivity index (χ0v) is 10.7. The zero-order valence-electron chi connectivity index (χ0n) is 9.92. The summed E-state index contributed by atoms with van der Waals surface area (Å²) in [5.74, 6) is 0. The molecule has 0 atom stereocenters. The number of para-hydroxylation sites is 1.